The zero-order chi connectivity index (χ0) is 26.1. The molecule has 190 valence electrons. The van der Waals surface area contributed by atoms with Crippen LogP contribution in [-0.4, -0.2) is 36.9 Å². The highest BCUT2D eigenvalue weighted by Gasteiger charge is 2.24. The van der Waals surface area contributed by atoms with Gasteiger partial charge in [0.25, 0.3) is 0 Å². The lowest BCUT2D eigenvalue weighted by atomic mass is 9.92. The monoisotopic (exact) mass is 481 g/mol. The first-order valence-electron chi connectivity index (χ1n) is 12.1. The lowest BCUT2D eigenvalue weighted by molar-refractivity contribution is -0.146. The van der Waals surface area contributed by atoms with E-state index in [0.717, 1.165) is 12.0 Å². The summed E-state index contributed by atoms with van der Waals surface area (Å²) in [6, 6.07) is 15.8. The van der Waals surface area contributed by atoms with Gasteiger partial charge in [-0.15, -0.1) is 0 Å². The summed E-state index contributed by atoms with van der Waals surface area (Å²) >= 11 is 0. The molecule has 0 radical (unpaired) electrons. The second-order valence-corrected chi connectivity index (χ2v) is 11.3. The van der Waals surface area contributed by atoms with Crippen molar-refractivity contribution >= 4 is 17.7 Å². The van der Waals surface area contributed by atoms with Gasteiger partial charge in [-0.25, -0.2) is 0 Å². The van der Waals surface area contributed by atoms with Gasteiger partial charge >= 0.3 is 11.9 Å². The molecule has 35 heavy (non-hydrogen) atoms. The Morgan fingerprint density at radius 3 is 1.94 bits per heavy atom. The Morgan fingerprint density at radius 2 is 1.37 bits per heavy atom. The van der Waals surface area contributed by atoms with Crippen molar-refractivity contribution in [2.24, 2.45) is 10.8 Å². The molecule has 0 bridgehead atoms. The molecule has 0 amide bonds. The predicted octanol–water partition coefficient (Wildman–Crippen LogP) is 5.39. The van der Waals surface area contributed by atoms with Crippen molar-refractivity contribution in [3.8, 4) is 5.75 Å². The summed E-state index contributed by atoms with van der Waals surface area (Å²) in [5.41, 5.74) is 1.23. The average Bonchev–Trinajstić information content (AvgIpc) is 2.74. The van der Waals surface area contributed by atoms with E-state index in [2.05, 4.69) is 5.32 Å². The Balaban J connectivity index is 2.04. The number of Topliss-reactive ketones (excluding diaryl/α,β-unsaturated/α-hetero) is 1. The zero-order valence-electron chi connectivity index (χ0n) is 21.9. The van der Waals surface area contributed by atoms with E-state index in [4.69, 9.17) is 9.47 Å². The molecular formula is C29H39NO5. The molecule has 6 nitrogen and oxygen atoms in total. The molecule has 2 aromatic rings. The van der Waals surface area contributed by atoms with E-state index in [1.54, 1.807) is 24.3 Å². The second kappa shape index (κ2) is 12.6. The minimum atomic E-state index is -0.683. The molecule has 0 aliphatic heterocycles. The molecule has 1 N–H and O–H groups in total. The van der Waals surface area contributed by atoms with Gasteiger partial charge in [0.2, 0.25) is 0 Å². The lowest BCUT2D eigenvalue weighted by Gasteiger charge is -2.21. The van der Waals surface area contributed by atoms with Crippen LogP contribution in [-0.2, 0) is 20.7 Å². The fraction of sp³-hybridized carbons (Fsp3) is 0.483. The van der Waals surface area contributed by atoms with Crippen molar-refractivity contribution in [2.45, 2.75) is 66.8 Å². The number of hydrogen-bond donors (Lipinski definition) is 1. The number of hydrogen-bond acceptors (Lipinski definition) is 6. The Bertz CT molecular complexity index is 969. The van der Waals surface area contributed by atoms with E-state index in [9.17, 15) is 14.4 Å². The van der Waals surface area contributed by atoms with Crippen LogP contribution >= 0.6 is 0 Å². The summed E-state index contributed by atoms with van der Waals surface area (Å²) in [7, 11) is 0. The number of rotatable bonds is 11. The summed E-state index contributed by atoms with van der Waals surface area (Å²) in [6.07, 6.45) is 1.30. The highest BCUT2D eigenvalue weighted by molar-refractivity contribution is 6.00. The van der Waals surface area contributed by atoms with E-state index < -0.39 is 6.04 Å². The van der Waals surface area contributed by atoms with E-state index in [1.807, 2.05) is 71.9 Å². The van der Waals surface area contributed by atoms with Crippen LogP contribution in [0.15, 0.2) is 54.6 Å². The fourth-order valence-electron chi connectivity index (χ4n) is 3.41. The van der Waals surface area contributed by atoms with Gasteiger partial charge in [0.1, 0.15) is 18.4 Å². The van der Waals surface area contributed by atoms with E-state index in [1.165, 1.54) is 0 Å². The number of esters is 2. The molecule has 6 heteroatoms. The molecule has 0 saturated heterocycles. The Hall–Kier alpha value is -2.99. The number of carbonyl (C=O) groups excluding carboxylic acids is 3. The number of ether oxygens (including phenoxy) is 2. The lowest BCUT2D eigenvalue weighted by Crippen LogP contribution is -2.42. The third-order valence-corrected chi connectivity index (χ3v) is 5.09. The van der Waals surface area contributed by atoms with Gasteiger partial charge in [0.15, 0.2) is 5.78 Å². The Morgan fingerprint density at radius 1 is 0.800 bits per heavy atom. The van der Waals surface area contributed by atoms with Gasteiger partial charge in [0, 0.05) is 5.56 Å². The summed E-state index contributed by atoms with van der Waals surface area (Å²) in [6.45, 7) is 12.3. The molecule has 2 rings (SSSR count). The molecule has 2 aromatic carbocycles. The summed E-state index contributed by atoms with van der Waals surface area (Å²) < 4.78 is 10.8. The second-order valence-electron chi connectivity index (χ2n) is 11.3. The quantitative estimate of drug-likeness (QED) is 0.263. The van der Waals surface area contributed by atoms with Gasteiger partial charge in [-0.2, -0.15) is 0 Å². The molecule has 1 atom stereocenters. The van der Waals surface area contributed by atoms with Gasteiger partial charge < -0.3 is 14.8 Å². The van der Waals surface area contributed by atoms with Crippen LogP contribution in [0.5, 0.6) is 5.75 Å². The zero-order valence-corrected chi connectivity index (χ0v) is 21.9. The number of nitrogens with one attached hydrogen (secondary N) is 1. The third kappa shape index (κ3) is 11.3. The van der Waals surface area contributed by atoms with Crippen molar-refractivity contribution in [1.29, 1.82) is 0 Å². The van der Waals surface area contributed by atoms with E-state index in [0.29, 0.717) is 24.3 Å². The first-order chi connectivity index (χ1) is 16.3. The predicted molar refractivity (Wildman–Crippen MR) is 137 cm³/mol. The van der Waals surface area contributed by atoms with E-state index in [-0.39, 0.29) is 41.6 Å². The normalized spacial score (nSPS) is 12.6. The minimum absolute atomic E-state index is 0.0507. The fourth-order valence-corrected chi connectivity index (χ4v) is 3.41. The maximum Gasteiger partial charge on any atom is 0.311 e. The largest absolute Gasteiger partial charge is 0.463 e. The van der Waals surface area contributed by atoms with Gasteiger partial charge in [-0.3, -0.25) is 14.4 Å². The standard InChI is InChI=1S/C29H39NO5/c1-28(2,3)18-25(31)34-20-24(30-17-16-21-10-8-7-9-11-21)27(33)22-12-14-23(15-13-22)35-26(32)19-29(4,5)6/h7-15,24,30H,16-20H2,1-6H3. The van der Waals surface area contributed by atoms with Crippen LogP contribution in [0.1, 0.15) is 70.3 Å². The van der Waals surface area contributed by atoms with Crippen LogP contribution < -0.4 is 10.1 Å². The number of carbonyl (C=O) groups is 3. The van der Waals surface area contributed by atoms with Crippen LogP contribution in [0, 0.1) is 10.8 Å². The SMILES string of the molecule is CC(C)(C)CC(=O)OCC(NCCc1ccccc1)C(=O)c1ccc(OC(=O)CC(C)(C)C)cc1. The molecule has 1 unspecified atom stereocenters. The van der Waals surface area contributed by atoms with Gasteiger partial charge in [0.05, 0.1) is 12.8 Å². The van der Waals surface area contributed by atoms with Gasteiger partial charge in [-0.05, 0) is 53.6 Å². The first kappa shape index (κ1) is 28.2. The van der Waals surface area contributed by atoms with Crippen molar-refractivity contribution < 1.29 is 23.9 Å². The Kier molecular flexibility index (Phi) is 10.2. The Labute approximate surface area is 209 Å². The first-order valence-corrected chi connectivity index (χ1v) is 12.1. The van der Waals surface area contributed by atoms with Crippen molar-refractivity contribution in [3.05, 3.63) is 65.7 Å². The number of ketones is 1. The smallest absolute Gasteiger partial charge is 0.311 e. The van der Waals surface area contributed by atoms with E-state index >= 15 is 0 Å². The van der Waals surface area contributed by atoms with Crippen molar-refractivity contribution in [2.75, 3.05) is 13.2 Å². The maximum atomic E-state index is 13.2. The molecule has 0 aromatic heterocycles. The van der Waals surface area contributed by atoms with Crippen molar-refractivity contribution in [3.63, 3.8) is 0 Å². The summed E-state index contributed by atoms with van der Waals surface area (Å²) in [5.74, 6) is -0.445. The minimum Gasteiger partial charge on any atom is -0.463 e. The van der Waals surface area contributed by atoms with Crippen LogP contribution in [0.3, 0.4) is 0 Å². The molecule has 0 spiro atoms. The third-order valence-electron chi connectivity index (χ3n) is 5.09. The molecule has 0 heterocycles. The summed E-state index contributed by atoms with van der Waals surface area (Å²) in [4.78, 5) is 37.6. The maximum absolute atomic E-state index is 13.2. The molecule has 0 fully saturated rings. The average molecular weight is 482 g/mol. The molecule has 0 saturated carbocycles. The van der Waals surface area contributed by atoms with Crippen molar-refractivity contribution in [1.82, 2.24) is 5.32 Å². The highest BCUT2D eigenvalue weighted by atomic mass is 16.5. The van der Waals surface area contributed by atoms with Crippen LogP contribution in [0.4, 0.5) is 0 Å². The molecular weight excluding hydrogens is 442 g/mol. The number of benzene rings is 2. The topological polar surface area (TPSA) is 81.7 Å². The highest BCUT2D eigenvalue weighted by Crippen LogP contribution is 2.22. The molecule has 0 aliphatic rings. The molecule has 0 aliphatic carbocycles. The summed E-state index contributed by atoms with van der Waals surface area (Å²) in [5, 5.41) is 3.25. The van der Waals surface area contributed by atoms with Crippen LogP contribution in [0.2, 0.25) is 0 Å². The van der Waals surface area contributed by atoms with Gasteiger partial charge in [-0.1, -0.05) is 71.9 Å². The van der Waals surface area contributed by atoms with Crippen LogP contribution in [0.25, 0.3) is 0 Å².